The van der Waals surface area contributed by atoms with Crippen molar-refractivity contribution in [2.75, 3.05) is 6.54 Å². The summed E-state index contributed by atoms with van der Waals surface area (Å²) in [6, 6.07) is 0.758. The maximum atomic E-state index is 10.9. The Morgan fingerprint density at radius 2 is 2.00 bits per heavy atom. The standard InChI is InChI=1S/C13H25NO2/c1-9(2)14(8-13(15)16)12-7-5-6-10(3)11(12)4/h9-12H,5-8H2,1-4H3,(H,15,16). The fraction of sp³-hybridized carbons (Fsp3) is 0.923. The molecule has 16 heavy (non-hydrogen) atoms. The molecule has 1 rings (SSSR count). The number of carboxylic acid groups (broad SMARTS) is 1. The molecule has 0 bridgehead atoms. The van der Waals surface area contributed by atoms with E-state index in [-0.39, 0.29) is 6.54 Å². The molecule has 3 nitrogen and oxygen atoms in total. The monoisotopic (exact) mass is 227 g/mol. The van der Waals surface area contributed by atoms with Crippen LogP contribution in [-0.2, 0) is 4.79 Å². The van der Waals surface area contributed by atoms with Crippen molar-refractivity contribution in [1.29, 1.82) is 0 Å². The molecule has 1 fully saturated rings. The fourth-order valence-corrected chi connectivity index (χ4v) is 2.86. The molecule has 0 heterocycles. The lowest BCUT2D eigenvalue weighted by Crippen LogP contribution is -2.49. The zero-order valence-corrected chi connectivity index (χ0v) is 10.9. The molecular weight excluding hydrogens is 202 g/mol. The van der Waals surface area contributed by atoms with Crippen LogP contribution in [0.25, 0.3) is 0 Å². The highest BCUT2D eigenvalue weighted by molar-refractivity contribution is 5.69. The summed E-state index contributed by atoms with van der Waals surface area (Å²) in [7, 11) is 0. The highest BCUT2D eigenvalue weighted by Gasteiger charge is 2.33. The molecule has 0 amide bonds. The normalized spacial score (nSPS) is 31.0. The fourth-order valence-electron chi connectivity index (χ4n) is 2.86. The molecular formula is C13H25NO2. The van der Waals surface area contributed by atoms with Crippen LogP contribution in [0.2, 0.25) is 0 Å². The number of rotatable bonds is 4. The first kappa shape index (κ1) is 13.5. The first-order chi connectivity index (χ1) is 7.43. The van der Waals surface area contributed by atoms with Gasteiger partial charge in [-0.2, -0.15) is 0 Å². The SMILES string of the molecule is CC1CCCC(N(CC(=O)O)C(C)C)C1C. The van der Waals surface area contributed by atoms with Gasteiger partial charge in [0.1, 0.15) is 0 Å². The number of hydrogen-bond acceptors (Lipinski definition) is 2. The lowest BCUT2D eigenvalue weighted by Gasteiger charge is -2.43. The molecule has 3 unspecified atom stereocenters. The Hall–Kier alpha value is -0.570. The zero-order valence-electron chi connectivity index (χ0n) is 10.9. The first-order valence-electron chi connectivity index (χ1n) is 6.41. The van der Waals surface area contributed by atoms with Crippen LogP contribution in [0.3, 0.4) is 0 Å². The Morgan fingerprint density at radius 3 is 2.50 bits per heavy atom. The molecule has 1 aliphatic rings. The van der Waals surface area contributed by atoms with E-state index in [1.54, 1.807) is 0 Å². The third-order valence-corrected chi connectivity index (χ3v) is 4.07. The Kier molecular flexibility index (Phi) is 4.78. The highest BCUT2D eigenvalue weighted by atomic mass is 16.4. The van der Waals surface area contributed by atoms with Crippen molar-refractivity contribution in [1.82, 2.24) is 4.90 Å². The molecule has 1 N–H and O–H groups in total. The quantitative estimate of drug-likeness (QED) is 0.802. The highest BCUT2D eigenvalue weighted by Crippen LogP contribution is 2.33. The summed E-state index contributed by atoms with van der Waals surface area (Å²) in [5.41, 5.74) is 0. The second kappa shape index (κ2) is 5.67. The van der Waals surface area contributed by atoms with Gasteiger partial charge in [0.15, 0.2) is 0 Å². The predicted molar refractivity (Wildman–Crippen MR) is 65.4 cm³/mol. The van der Waals surface area contributed by atoms with Gasteiger partial charge in [-0.1, -0.05) is 26.7 Å². The smallest absolute Gasteiger partial charge is 0.317 e. The average Bonchev–Trinajstić information content (AvgIpc) is 2.18. The van der Waals surface area contributed by atoms with E-state index in [1.807, 2.05) is 0 Å². The molecule has 3 heteroatoms. The van der Waals surface area contributed by atoms with Gasteiger partial charge < -0.3 is 5.11 Å². The minimum atomic E-state index is -0.709. The van der Waals surface area contributed by atoms with Crippen molar-refractivity contribution in [2.24, 2.45) is 11.8 Å². The minimum Gasteiger partial charge on any atom is -0.480 e. The molecule has 3 atom stereocenters. The van der Waals surface area contributed by atoms with Crippen molar-refractivity contribution in [3.63, 3.8) is 0 Å². The van der Waals surface area contributed by atoms with Crippen molar-refractivity contribution < 1.29 is 9.90 Å². The molecule has 1 saturated carbocycles. The largest absolute Gasteiger partial charge is 0.480 e. The Labute approximate surface area is 98.8 Å². The summed E-state index contributed by atoms with van der Waals surface area (Å²) in [5, 5.41) is 8.97. The number of nitrogens with zero attached hydrogens (tertiary/aromatic N) is 1. The van der Waals surface area contributed by atoms with Gasteiger partial charge in [-0.25, -0.2) is 0 Å². The predicted octanol–water partition coefficient (Wildman–Crippen LogP) is 2.61. The number of hydrogen-bond donors (Lipinski definition) is 1. The number of carboxylic acids is 1. The lowest BCUT2D eigenvalue weighted by atomic mass is 9.77. The van der Waals surface area contributed by atoms with Crippen LogP contribution in [0.5, 0.6) is 0 Å². The summed E-state index contributed by atoms with van der Waals surface area (Å²) < 4.78 is 0. The summed E-state index contributed by atoms with van der Waals surface area (Å²) >= 11 is 0. The van der Waals surface area contributed by atoms with E-state index in [2.05, 4.69) is 32.6 Å². The minimum absolute atomic E-state index is 0.180. The summed E-state index contributed by atoms with van der Waals surface area (Å²) in [5.74, 6) is 0.614. The van der Waals surface area contributed by atoms with Gasteiger partial charge in [0.05, 0.1) is 6.54 Å². The molecule has 0 spiro atoms. The second-order valence-corrected chi connectivity index (χ2v) is 5.49. The van der Waals surface area contributed by atoms with Crippen molar-refractivity contribution in [2.45, 2.75) is 59.0 Å². The van der Waals surface area contributed by atoms with Gasteiger partial charge in [-0.3, -0.25) is 9.69 Å². The van der Waals surface area contributed by atoms with Gasteiger partial charge in [-0.05, 0) is 32.1 Å². The van der Waals surface area contributed by atoms with E-state index in [4.69, 9.17) is 5.11 Å². The molecule has 0 aromatic heterocycles. The van der Waals surface area contributed by atoms with E-state index >= 15 is 0 Å². The van der Waals surface area contributed by atoms with Crippen molar-refractivity contribution in [3.8, 4) is 0 Å². The Morgan fingerprint density at radius 1 is 1.38 bits per heavy atom. The van der Waals surface area contributed by atoms with Gasteiger partial charge >= 0.3 is 5.97 Å². The summed E-state index contributed by atoms with van der Waals surface area (Å²) in [6.45, 7) is 8.92. The van der Waals surface area contributed by atoms with Crippen LogP contribution in [0, 0.1) is 11.8 Å². The average molecular weight is 227 g/mol. The molecule has 0 aromatic carbocycles. The third-order valence-electron chi connectivity index (χ3n) is 4.07. The van der Waals surface area contributed by atoms with E-state index in [9.17, 15) is 4.79 Å². The van der Waals surface area contributed by atoms with Crippen LogP contribution in [0.15, 0.2) is 0 Å². The summed E-state index contributed by atoms with van der Waals surface area (Å²) in [4.78, 5) is 13.1. The van der Waals surface area contributed by atoms with Crippen molar-refractivity contribution >= 4 is 5.97 Å². The number of carbonyl (C=O) groups is 1. The van der Waals surface area contributed by atoms with Gasteiger partial charge in [0.25, 0.3) is 0 Å². The van der Waals surface area contributed by atoms with Crippen LogP contribution in [0.1, 0.15) is 47.0 Å². The van der Waals surface area contributed by atoms with Crippen LogP contribution in [0.4, 0.5) is 0 Å². The van der Waals surface area contributed by atoms with E-state index in [0.717, 1.165) is 6.42 Å². The van der Waals surface area contributed by atoms with E-state index in [0.29, 0.717) is 23.9 Å². The van der Waals surface area contributed by atoms with E-state index < -0.39 is 5.97 Å². The molecule has 0 aromatic rings. The van der Waals surface area contributed by atoms with Gasteiger partial charge in [-0.15, -0.1) is 0 Å². The summed E-state index contributed by atoms with van der Waals surface area (Å²) in [6.07, 6.45) is 3.67. The van der Waals surface area contributed by atoms with E-state index in [1.165, 1.54) is 12.8 Å². The number of aliphatic carboxylic acids is 1. The van der Waals surface area contributed by atoms with Crippen LogP contribution in [-0.4, -0.2) is 34.6 Å². The molecule has 94 valence electrons. The first-order valence-corrected chi connectivity index (χ1v) is 6.41. The lowest BCUT2D eigenvalue weighted by molar-refractivity contribution is -0.140. The van der Waals surface area contributed by atoms with Crippen molar-refractivity contribution in [3.05, 3.63) is 0 Å². The molecule has 0 radical (unpaired) electrons. The maximum absolute atomic E-state index is 10.9. The molecule has 0 saturated heterocycles. The maximum Gasteiger partial charge on any atom is 0.317 e. The topological polar surface area (TPSA) is 40.5 Å². The van der Waals surface area contributed by atoms with Gasteiger partial charge in [0.2, 0.25) is 0 Å². The van der Waals surface area contributed by atoms with Crippen LogP contribution >= 0.6 is 0 Å². The molecule has 1 aliphatic carbocycles. The zero-order chi connectivity index (χ0) is 12.3. The Bertz CT molecular complexity index is 240. The van der Waals surface area contributed by atoms with Crippen LogP contribution < -0.4 is 0 Å². The third kappa shape index (κ3) is 3.21. The second-order valence-electron chi connectivity index (χ2n) is 5.49. The Balaban J connectivity index is 2.72. The van der Waals surface area contributed by atoms with Gasteiger partial charge in [0, 0.05) is 12.1 Å². The molecule has 0 aliphatic heterocycles.